The van der Waals surface area contributed by atoms with E-state index in [1.807, 2.05) is 42.5 Å². The number of piperazine rings is 1. The molecule has 0 aliphatic carbocycles. The van der Waals surface area contributed by atoms with Crippen LogP contribution in [-0.4, -0.2) is 42.9 Å². The minimum atomic E-state index is 0.225. The van der Waals surface area contributed by atoms with Crippen LogP contribution in [0.5, 0.6) is 0 Å². The summed E-state index contributed by atoms with van der Waals surface area (Å²) in [7, 11) is 0. The zero-order chi connectivity index (χ0) is 20.6. The Bertz CT molecular complexity index is 928. The summed E-state index contributed by atoms with van der Waals surface area (Å²) in [6, 6.07) is 29.4. The van der Waals surface area contributed by atoms with Crippen molar-refractivity contribution in [2.24, 2.45) is 0 Å². The van der Waals surface area contributed by atoms with Crippen molar-refractivity contribution in [3.8, 4) is 0 Å². The van der Waals surface area contributed by atoms with Crippen LogP contribution in [0.3, 0.4) is 0 Å². The third-order valence-corrected chi connectivity index (χ3v) is 6.58. The van der Waals surface area contributed by atoms with Crippen LogP contribution in [0.1, 0.15) is 22.3 Å². The molecule has 3 nitrogen and oxygen atoms in total. The number of carbonyl (C=O) groups is 1. The molecule has 0 bridgehead atoms. The van der Waals surface area contributed by atoms with Crippen LogP contribution in [0, 0.1) is 0 Å². The third kappa shape index (κ3) is 5.82. The van der Waals surface area contributed by atoms with Gasteiger partial charge in [-0.2, -0.15) is 0 Å². The van der Waals surface area contributed by atoms with Gasteiger partial charge in [-0.3, -0.25) is 9.69 Å². The smallest absolute Gasteiger partial charge is 0.164 e. The van der Waals surface area contributed by atoms with Gasteiger partial charge in [-0.05, 0) is 36.2 Å². The molecule has 0 aromatic heterocycles. The minimum absolute atomic E-state index is 0.225. The van der Waals surface area contributed by atoms with Crippen LogP contribution < -0.4 is 5.32 Å². The van der Waals surface area contributed by atoms with Gasteiger partial charge < -0.3 is 5.32 Å². The Morgan fingerprint density at radius 2 is 1.57 bits per heavy atom. The van der Waals surface area contributed by atoms with Gasteiger partial charge >= 0.3 is 0 Å². The molecule has 1 aliphatic rings. The fourth-order valence-electron chi connectivity index (χ4n) is 3.91. The first kappa shape index (κ1) is 20.9. The number of benzene rings is 3. The lowest BCUT2D eigenvalue weighted by atomic mass is 10.0. The normalized spacial score (nSPS) is 17.0. The molecule has 0 radical (unpaired) electrons. The van der Waals surface area contributed by atoms with Gasteiger partial charge in [0.25, 0.3) is 0 Å². The third-order valence-electron chi connectivity index (χ3n) is 5.57. The predicted octanol–water partition coefficient (Wildman–Crippen LogP) is 4.93. The van der Waals surface area contributed by atoms with Crippen LogP contribution >= 0.6 is 11.8 Å². The Kier molecular flexibility index (Phi) is 7.35. The van der Waals surface area contributed by atoms with Crippen LogP contribution in [-0.2, 0) is 6.42 Å². The van der Waals surface area contributed by atoms with Gasteiger partial charge in [-0.1, -0.05) is 72.4 Å². The Morgan fingerprint density at radius 3 is 2.30 bits per heavy atom. The highest BCUT2D eigenvalue weighted by atomic mass is 32.2. The van der Waals surface area contributed by atoms with E-state index in [0.717, 1.165) is 43.1 Å². The maximum absolute atomic E-state index is 12.8. The lowest BCUT2D eigenvalue weighted by molar-refractivity contribution is 0.0935. The molecule has 0 spiro atoms. The number of hydrogen-bond donors (Lipinski definition) is 1. The predicted molar refractivity (Wildman–Crippen MR) is 124 cm³/mol. The number of nitrogens with zero attached hydrogens (tertiary/aromatic N) is 1. The average molecular weight is 417 g/mol. The van der Waals surface area contributed by atoms with E-state index in [2.05, 4.69) is 52.7 Å². The topological polar surface area (TPSA) is 32.3 Å². The fraction of sp³-hybridized carbons (Fsp3) is 0.269. The van der Waals surface area contributed by atoms with Gasteiger partial charge in [-0.25, -0.2) is 0 Å². The Balaban J connectivity index is 1.31. The zero-order valence-corrected chi connectivity index (χ0v) is 18.0. The molecule has 0 amide bonds. The number of ketones is 1. The largest absolute Gasteiger partial charge is 0.314 e. The molecule has 30 heavy (non-hydrogen) atoms. The van der Waals surface area contributed by atoms with Gasteiger partial charge in [0, 0.05) is 54.0 Å². The van der Waals surface area contributed by atoms with E-state index in [-0.39, 0.29) is 5.78 Å². The molecule has 4 heteroatoms. The van der Waals surface area contributed by atoms with E-state index in [9.17, 15) is 4.79 Å². The molecular formula is C26H28N2OS. The molecule has 3 aromatic rings. The number of nitrogens with one attached hydrogen (secondary N) is 1. The van der Waals surface area contributed by atoms with E-state index < -0.39 is 0 Å². The van der Waals surface area contributed by atoms with Gasteiger partial charge in [-0.15, -0.1) is 0 Å². The summed E-state index contributed by atoms with van der Waals surface area (Å²) >= 11 is 1.72. The molecule has 1 N–H and O–H groups in total. The van der Waals surface area contributed by atoms with E-state index in [1.54, 1.807) is 11.8 Å². The first-order valence-electron chi connectivity index (χ1n) is 10.6. The van der Waals surface area contributed by atoms with Gasteiger partial charge in [0.05, 0.1) is 0 Å². The summed E-state index contributed by atoms with van der Waals surface area (Å²) in [5.74, 6) is 0.225. The fourth-order valence-corrected chi connectivity index (χ4v) is 4.75. The first-order chi connectivity index (χ1) is 14.8. The van der Waals surface area contributed by atoms with Crippen LogP contribution in [0.15, 0.2) is 94.7 Å². The molecule has 154 valence electrons. The summed E-state index contributed by atoms with van der Waals surface area (Å²) < 4.78 is 0. The van der Waals surface area contributed by atoms with Gasteiger partial charge in [0.1, 0.15) is 0 Å². The highest BCUT2D eigenvalue weighted by Crippen LogP contribution is 2.27. The van der Waals surface area contributed by atoms with E-state index in [1.165, 1.54) is 10.5 Å². The van der Waals surface area contributed by atoms with Crippen molar-refractivity contribution >= 4 is 17.5 Å². The average Bonchev–Trinajstić information content (AvgIpc) is 2.80. The molecule has 1 saturated heterocycles. The van der Waals surface area contributed by atoms with E-state index in [0.29, 0.717) is 12.5 Å². The highest BCUT2D eigenvalue weighted by molar-refractivity contribution is 7.99. The summed E-state index contributed by atoms with van der Waals surface area (Å²) in [6.45, 7) is 3.79. The molecule has 1 heterocycles. The Labute approximate surface area is 183 Å². The van der Waals surface area contributed by atoms with Gasteiger partial charge in [0.2, 0.25) is 0 Å². The monoisotopic (exact) mass is 416 g/mol. The molecular weight excluding hydrogens is 388 g/mol. The maximum Gasteiger partial charge on any atom is 0.164 e. The van der Waals surface area contributed by atoms with Crippen molar-refractivity contribution in [2.45, 2.75) is 28.7 Å². The second kappa shape index (κ2) is 10.6. The molecule has 4 rings (SSSR count). The van der Waals surface area contributed by atoms with Crippen molar-refractivity contribution in [3.05, 3.63) is 96.1 Å². The van der Waals surface area contributed by atoms with E-state index in [4.69, 9.17) is 0 Å². The molecule has 1 aliphatic heterocycles. The summed E-state index contributed by atoms with van der Waals surface area (Å²) in [4.78, 5) is 17.6. The minimum Gasteiger partial charge on any atom is -0.314 e. The SMILES string of the molecule is O=C(CCN1CCNCC1Cc1ccccc1)c1ccc(Sc2ccccc2)cc1. The number of carbonyl (C=O) groups excluding carboxylic acids is 1. The first-order valence-corrected chi connectivity index (χ1v) is 11.4. The Hall–Kier alpha value is -2.40. The molecule has 1 unspecified atom stereocenters. The van der Waals surface area contributed by atoms with Crippen molar-refractivity contribution in [1.82, 2.24) is 10.2 Å². The van der Waals surface area contributed by atoms with Crippen LogP contribution in [0.4, 0.5) is 0 Å². The Morgan fingerprint density at radius 1 is 0.900 bits per heavy atom. The summed E-state index contributed by atoms with van der Waals surface area (Å²) in [5, 5.41) is 3.50. The van der Waals surface area contributed by atoms with Gasteiger partial charge in [0.15, 0.2) is 5.78 Å². The highest BCUT2D eigenvalue weighted by Gasteiger charge is 2.23. The van der Waals surface area contributed by atoms with Crippen LogP contribution in [0.25, 0.3) is 0 Å². The van der Waals surface area contributed by atoms with E-state index >= 15 is 0 Å². The second-order valence-corrected chi connectivity index (χ2v) is 8.84. The molecule has 0 saturated carbocycles. The number of hydrogen-bond acceptors (Lipinski definition) is 4. The lowest BCUT2D eigenvalue weighted by Gasteiger charge is -2.36. The maximum atomic E-state index is 12.8. The van der Waals surface area contributed by atoms with Crippen molar-refractivity contribution < 1.29 is 4.79 Å². The molecule has 1 fully saturated rings. The molecule has 3 aromatic carbocycles. The van der Waals surface area contributed by atoms with Crippen molar-refractivity contribution in [1.29, 1.82) is 0 Å². The summed E-state index contributed by atoms with van der Waals surface area (Å²) in [5.41, 5.74) is 2.16. The molecule has 1 atom stereocenters. The zero-order valence-electron chi connectivity index (χ0n) is 17.2. The standard InChI is InChI=1S/C26H28N2OS/c29-26(22-11-13-25(14-12-22)30-24-9-5-2-6-10-24)15-17-28-18-16-27-20-23(28)19-21-7-3-1-4-8-21/h1-14,23,27H,15-20H2. The van der Waals surface area contributed by atoms with Crippen molar-refractivity contribution in [2.75, 3.05) is 26.2 Å². The lowest BCUT2D eigenvalue weighted by Crippen LogP contribution is -2.52. The number of rotatable bonds is 8. The number of Topliss-reactive ketones (excluding diaryl/α,β-unsaturated/α-hetero) is 1. The second-order valence-electron chi connectivity index (χ2n) is 7.70. The van der Waals surface area contributed by atoms with Crippen LogP contribution in [0.2, 0.25) is 0 Å². The van der Waals surface area contributed by atoms with Crippen molar-refractivity contribution in [3.63, 3.8) is 0 Å². The summed E-state index contributed by atoms with van der Waals surface area (Å²) in [6.07, 6.45) is 1.59. The quantitative estimate of drug-likeness (QED) is 0.528.